The van der Waals surface area contributed by atoms with Crippen LogP contribution < -0.4 is 5.32 Å². The minimum Gasteiger partial charge on any atom is -0.509 e. The van der Waals surface area contributed by atoms with E-state index < -0.39 is 5.54 Å². The van der Waals surface area contributed by atoms with Crippen molar-refractivity contribution < 1.29 is 42.6 Å². The second-order valence-electron chi connectivity index (χ2n) is 6.83. The molecule has 121 valence electrons. The molecule has 1 aliphatic carbocycles. The van der Waals surface area contributed by atoms with Crippen molar-refractivity contribution in [2.24, 2.45) is 5.92 Å². The van der Waals surface area contributed by atoms with Crippen LogP contribution in [0.4, 0.5) is 0 Å². The van der Waals surface area contributed by atoms with E-state index in [1.807, 2.05) is 19.1 Å². The number of aryl methyl sites for hydroxylation is 2. The number of benzene rings is 1. The van der Waals surface area contributed by atoms with E-state index in [-0.39, 0.29) is 44.4 Å². The fraction of sp³-hybridized carbons (Fsp3) is 0.526. The number of nitrogens with one attached hydrogen (secondary N) is 1. The maximum absolute atomic E-state index is 12.6. The number of hydrogen-bond donors (Lipinski definition) is 2. The summed E-state index contributed by atoms with van der Waals surface area (Å²) in [4.78, 5) is 12.6. The molecule has 2 N–H and O–H groups in total. The third-order valence-electron chi connectivity index (χ3n) is 5.30. The molecule has 0 aromatic heterocycles. The van der Waals surface area contributed by atoms with E-state index in [2.05, 4.69) is 25.2 Å². The normalized spacial score (nSPS) is 27.1. The zero-order valence-corrected chi connectivity index (χ0v) is 17.0. The Bertz CT molecular complexity index is 643. The van der Waals surface area contributed by atoms with E-state index in [4.69, 9.17) is 0 Å². The zero-order chi connectivity index (χ0) is 15.9. The Morgan fingerprint density at radius 2 is 2.00 bits per heavy atom. The van der Waals surface area contributed by atoms with Gasteiger partial charge in [0.1, 0.15) is 5.76 Å². The van der Waals surface area contributed by atoms with E-state index in [0.29, 0.717) is 11.5 Å². The predicted molar refractivity (Wildman–Crippen MR) is 87.4 cm³/mol. The first-order valence-corrected chi connectivity index (χ1v) is 8.24. The van der Waals surface area contributed by atoms with E-state index in [9.17, 15) is 9.90 Å². The summed E-state index contributed by atoms with van der Waals surface area (Å²) < 4.78 is 0. The second-order valence-corrected chi connectivity index (χ2v) is 6.83. The van der Waals surface area contributed by atoms with Gasteiger partial charge in [0.2, 0.25) is 0 Å². The molecule has 1 aromatic carbocycles. The maximum Gasteiger partial charge on any atom is 0.254 e. The minimum atomic E-state index is -0.532. The SMILES string of the molecule is CCc1c[c-]cc(C)c1C1=C(O)C2(CCC(C)CC2)NC1=O.[Y]. The summed E-state index contributed by atoms with van der Waals surface area (Å²) in [7, 11) is 0. The first-order valence-electron chi connectivity index (χ1n) is 8.24. The van der Waals surface area contributed by atoms with Gasteiger partial charge in [-0.25, -0.2) is 0 Å². The summed E-state index contributed by atoms with van der Waals surface area (Å²) >= 11 is 0. The summed E-state index contributed by atoms with van der Waals surface area (Å²) in [5.41, 5.74) is 2.91. The van der Waals surface area contributed by atoms with Gasteiger partial charge in [-0.3, -0.25) is 4.79 Å². The molecule has 1 heterocycles. The van der Waals surface area contributed by atoms with Crippen molar-refractivity contribution >= 4 is 11.5 Å². The van der Waals surface area contributed by atoms with Gasteiger partial charge in [0.25, 0.3) is 5.91 Å². The summed E-state index contributed by atoms with van der Waals surface area (Å²) in [6, 6.07) is 6.92. The summed E-state index contributed by atoms with van der Waals surface area (Å²) in [6.07, 6.45) is 4.56. The van der Waals surface area contributed by atoms with Crippen molar-refractivity contribution in [3.8, 4) is 0 Å². The van der Waals surface area contributed by atoms with Gasteiger partial charge >= 0.3 is 0 Å². The molecule has 0 bridgehead atoms. The Labute approximate surface area is 163 Å². The van der Waals surface area contributed by atoms with Crippen LogP contribution in [-0.4, -0.2) is 16.6 Å². The van der Waals surface area contributed by atoms with Crippen LogP contribution in [0.15, 0.2) is 17.9 Å². The van der Waals surface area contributed by atoms with Gasteiger partial charge < -0.3 is 10.4 Å². The standard InChI is InChI=1S/C19H24NO2.Y/c1-4-14-7-5-6-13(3)15(14)16-17(21)19(20-18(16)22)10-8-12(2)9-11-19;/h6-7,12,21H,4,8-11H2,1-3H3,(H,20,22);/q-1;. The van der Waals surface area contributed by atoms with Gasteiger partial charge in [-0.1, -0.05) is 27.2 Å². The summed E-state index contributed by atoms with van der Waals surface area (Å²) in [5.74, 6) is 0.795. The number of rotatable bonds is 2. The van der Waals surface area contributed by atoms with E-state index in [1.54, 1.807) is 0 Å². The smallest absolute Gasteiger partial charge is 0.254 e. The number of carbonyl (C=O) groups excluding carboxylic acids is 1. The van der Waals surface area contributed by atoms with Gasteiger partial charge in [-0.2, -0.15) is 23.8 Å². The van der Waals surface area contributed by atoms with Crippen molar-refractivity contribution in [3.63, 3.8) is 0 Å². The molecule has 1 radical (unpaired) electrons. The van der Waals surface area contributed by atoms with Gasteiger partial charge in [-0.15, -0.1) is 11.1 Å². The fourth-order valence-electron chi connectivity index (χ4n) is 3.84. The van der Waals surface area contributed by atoms with Gasteiger partial charge in [0, 0.05) is 32.7 Å². The van der Waals surface area contributed by atoms with Crippen LogP contribution in [0.3, 0.4) is 0 Å². The predicted octanol–water partition coefficient (Wildman–Crippen LogP) is 3.70. The molecule has 0 atom stereocenters. The number of amides is 1. The van der Waals surface area contributed by atoms with Crippen LogP contribution in [0, 0.1) is 18.9 Å². The molecule has 23 heavy (non-hydrogen) atoms. The van der Waals surface area contributed by atoms with Crippen LogP contribution in [-0.2, 0) is 43.9 Å². The van der Waals surface area contributed by atoms with Crippen molar-refractivity contribution in [1.29, 1.82) is 0 Å². The van der Waals surface area contributed by atoms with Gasteiger partial charge in [-0.05, 0) is 31.6 Å². The van der Waals surface area contributed by atoms with Crippen molar-refractivity contribution in [1.82, 2.24) is 5.32 Å². The molecular weight excluding hydrogens is 363 g/mol. The van der Waals surface area contributed by atoms with E-state index >= 15 is 0 Å². The first-order chi connectivity index (χ1) is 10.5. The van der Waals surface area contributed by atoms with Crippen molar-refractivity contribution in [2.75, 3.05) is 0 Å². The average molecular weight is 387 g/mol. The fourth-order valence-corrected chi connectivity index (χ4v) is 3.84. The second kappa shape index (κ2) is 7.07. The molecule has 1 aliphatic heterocycles. The Kier molecular flexibility index (Phi) is 5.73. The molecule has 1 spiro atoms. The molecule has 1 saturated carbocycles. The van der Waals surface area contributed by atoms with Crippen molar-refractivity contribution in [2.45, 2.75) is 58.4 Å². The van der Waals surface area contributed by atoms with Crippen LogP contribution in [0.2, 0.25) is 0 Å². The van der Waals surface area contributed by atoms with Crippen LogP contribution >= 0.6 is 0 Å². The molecule has 3 rings (SSSR count). The topological polar surface area (TPSA) is 49.3 Å². The molecule has 0 saturated heterocycles. The number of aliphatic hydroxyl groups excluding tert-OH is 1. The maximum atomic E-state index is 12.6. The van der Waals surface area contributed by atoms with Crippen LogP contribution in [0.5, 0.6) is 0 Å². The molecular formula is C19H24NO2Y-. The zero-order valence-electron chi connectivity index (χ0n) is 14.2. The Morgan fingerprint density at radius 3 is 2.61 bits per heavy atom. The van der Waals surface area contributed by atoms with Gasteiger partial charge in [0.15, 0.2) is 0 Å². The minimum absolute atomic E-state index is 0. The average Bonchev–Trinajstić information content (AvgIpc) is 2.74. The quantitative estimate of drug-likeness (QED) is 0.761. The summed E-state index contributed by atoms with van der Waals surface area (Å²) in [5, 5.41) is 14.0. The Hall–Kier alpha value is -0.666. The number of carbonyl (C=O) groups is 1. The molecule has 0 unspecified atom stereocenters. The molecule has 1 fully saturated rings. The molecule has 4 heteroatoms. The third-order valence-corrected chi connectivity index (χ3v) is 5.30. The van der Waals surface area contributed by atoms with Crippen LogP contribution in [0.25, 0.3) is 5.57 Å². The molecule has 1 amide bonds. The van der Waals surface area contributed by atoms with Crippen LogP contribution in [0.1, 0.15) is 56.2 Å². The molecule has 1 aromatic rings. The number of hydrogen-bond acceptors (Lipinski definition) is 2. The van der Waals surface area contributed by atoms with Gasteiger partial charge in [0.05, 0.1) is 11.1 Å². The number of aliphatic hydroxyl groups is 1. The van der Waals surface area contributed by atoms with Crippen molar-refractivity contribution in [3.05, 3.63) is 40.6 Å². The monoisotopic (exact) mass is 387 g/mol. The summed E-state index contributed by atoms with van der Waals surface area (Å²) in [6.45, 7) is 6.28. The van der Waals surface area contributed by atoms with E-state index in [1.165, 1.54) is 0 Å². The molecule has 3 nitrogen and oxygen atoms in total. The third kappa shape index (κ3) is 3.15. The van der Waals surface area contributed by atoms with E-state index in [0.717, 1.165) is 48.8 Å². The Morgan fingerprint density at radius 1 is 1.35 bits per heavy atom. The largest absolute Gasteiger partial charge is 0.509 e. The Balaban J connectivity index is 0.00000192. The first kappa shape index (κ1) is 18.7. The molecule has 2 aliphatic rings.